The molecule has 1 unspecified atom stereocenters. The van der Waals surface area contributed by atoms with Gasteiger partial charge in [0.15, 0.2) is 5.13 Å². The van der Waals surface area contributed by atoms with Crippen molar-refractivity contribution in [3.8, 4) is 0 Å². The fourth-order valence-electron chi connectivity index (χ4n) is 2.16. The molecule has 0 spiro atoms. The predicted molar refractivity (Wildman–Crippen MR) is 78.1 cm³/mol. The predicted octanol–water partition coefficient (Wildman–Crippen LogP) is 0.553. The number of nitrogens with two attached hydrogens (primary N) is 1. The highest BCUT2D eigenvalue weighted by atomic mass is 32.2. The van der Waals surface area contributed by atoms with Gasteiger partial charge in [-0.1, -0.05) is 0 Å². The van der Waals surface area contributed by atoms with E-state index in [1.165, 1.54) is 10.6 Å². The zero-order valence-electron chi connectivity index (χ0n) is 11.5. The highest BCUT2D eigenvalue weighted by Crippen LogP contribution is 2.30. The van der Waals surface area contributed by atoms with Crippen LogP contribution in [-0.4, -0.2) is 50.1 Å². The van der Waals surface area contributed by atoms with E-state index >= 15 is 0 Å². The molecular formula is C11H20N4O2S2. The molecule has 2 rings (SSSR count). The Balaban J connectivity index is 2.08. The van der Waals surface area contributed by atoms with Crippen LogP contribution < -0.4 is 10.6 Å². The van der Waals surface area contributed by atoms with Gasteiger partial charge in [-0.2, -0.15) is 4.31 Å². The fourth-order valence-corrected chi connectivity index (χ4v) is 4.06. The summed E-state index contributed by atoms with van der Waals surface area (Å²) in [6, 6.07) is -0.0106. The van der Waals surface area contributed by atoms with Gasteiger partial charge in [-0.15, -0.1) is 11.3 Å². The fraction of sp³-hybridized carbons (Fsp3) is 0.727. The first-order chi connectivity index (χ1) is 8.79. The lowest BCUT2D eigenvalue weighted by Gasteiger charge is -2.32. The summed E-state index contributed by atoms with van der Waals surface area (Å²) in [7, 11) is -3.08. The van der Waals surface area contributed by atoms with Crippen molar-refractivity contribution in [2.24, 2.45) is 5.73 Å². The molecule has 0 amide bonds. The summed E-state index contributed by atoms with van der Waals surface area (Å²) in [5.41, 5.74) is 6.87. The molecular weight excluding hydrogens is 284 g/mol. The van der Waals surface area contributed by atoms with Crippen molar-refractivity contribution in [2.45, 2.75) is 19.9 Å². The van der Waals surface area contributed by atoms with Gasteiger partial charge < -0.3 is 10.6 Å². The SMILES string of the molecule is Cc1nc(N2CCN(S(C)(=O)=O)CC2)sc1C(C)N. The number of aryl methyl sites for hydroxylation is 1. The first-order valence-electron chi connectivity index (χ1n) is 6.22. The number of nitrogens with zero attached hydrogens (tertiary/aromatic N) is 3. The minimum absolute atomic E-state index is 0.0106. The van der Waals surface area contributed by atoms with Gasteiger partial charge in [0.2, 0.25) is 10.0 Å². The Morgan fingerprint density at radius 3 is 2.32 bits per heavy atom. The molecule has 0 bridgehead atoms. The number of piperazine rings is 1. The highest BCUT2D eigenvalue weighted by molar-refractivity contribution is 7.88. The van der Waals surface area contributed by atoms with E-state index in [0.29, 0.717) is 26.2 Å². The van der Waals surface area contributed by atoms with Gasteiger partial charge in [0.25, 0.3) is 0 Å². The molecule has 1 aliphatic rings. The third-order valence-corrected chi connectivity index (χ3v) is 5.94. The number of sulfonamides is 1. The molecule has 1 saturated heterocycles. The van der Waals surface area contributed by atoms with Crippen LogP contribution >= 0.6 is 11.3 Å². The average molecular weight is 304 g/mol. The molecule has 108 valence electrons. The third kappa shape index (κ3) is 3.25. The third-order valence-electron chi connectivity index (χ3n) is 3.21. The highest BCUT2D eigenvalue weighted by Gasteiger charge is 2.25. The number of hydrogen-bond acceptors (Lipinski definition) is 6. The van der Waals surface area contributed by atoms with Crippen molar-refractivity contribution in [3.63, 3.8) is 0 Å². The Hall–Kier alpha value is -0.700. The van der Waals surface area contributed by atoms with E-state index in [1.54, 1.807) is 11.3 Å². The second-order valence-corrected chi connectivity index (χ2v) is 7.88. The second-order valence-electron chi connectivity index (χ2n) is 4.88. The number of thiazole rings is 1. The largest absolute Gasteiger partial charge is 0.345 e. The Kier molecular flexibility index (Phi) is 4.14. The van der Waals surface area contributed by atoms with Crippen LogP contribution in [0.25, 0.3) is 0 Å². The van der Waals surface area contributed by atoms with Crippen molar-refractivity contribution >= 4 is 26.5 Å². The summed E-state index contributed by atoms with van der Waals surface area (Å²) in [5.74, 6) is 0. The Labute approximate surface area is 118 Å². The van der Waals surface area contributed by atoms with Crippen LogP contribution in [0.1, 0.15) is 23.5 Å². The van der Waals surface area contributed by atoms with Crippen molar-refractivity contribution in [1.82, 2.24) is 9.29 Å². The Morgan fingerprint density at radius 2 is 1.89 bits per heavy atom. The monoisotopic (exact) mass is 304 g/mol. The Bertz CT molecular complexity index is 545. The lowest BCUT2D eigenvalue weighted by molar-refractivity contribution is 0.388. The van der Waals surface area contributed by atoms with E-state index in [-0.39, 0.29) is 6.04 Å². The number of rotatable bonds is 3. The summed E-state index contributed by atoms with van der Waals surface area (Å²) < 4.78 is 24.4. The minimum Gasteiger partial charge on any atom is -0.345 e. The molecule has 1 aliphatic heterocycles. The molecule has 8 heteroatoms. The topological polar surface area (TPSA) is 79.5 Å². The first kappa shape index (κ1) is 14.7. The summed E-state index contributed by atoms with van der Waals surface area (Å²) >= 11 is 1.60. The lowest BCUT2D eigenvalue weighted by atomic mass is 10.2. The van der Waals surface area contributed by atoms with Gasteiger partial charge in [0.1, 0.15) is 0 Å². The van der Waals surface area contributed by atoms with Crippen molar-refractivity contribution in [2.75, 3.05) is 37.3 Å². The molecule has 2 heterocycles. The van der Waals surface area contributed by atoms with E-state index in [2.05, 4.69) is 9.88 Å². The maximum atomic E-state index is 11.5. The number of aromatic nitrogens is 1. The molecule has 1 fully saturated rings. The van der Waals surface area contributed by atoms with Crippen LogP contribution in [0.15, 0.2) is 0 Å². The van der Waals surface area contributed by atoms with Crippen LogP contribution in [0.4, 0.5) is 5.13 Å². The minimum atomic E-state index is -3.08. The van der Waals surface area contributed by atoms with E-state index in [0.717, 1.165) is 15.7 Å². The summed E-state index contributed by atoms with van der Waals surface area (Å²) in [6.07, 6.45) is 1.25. The summed E-state index contributed by atoms with van der Waals surface area (Å²) in [5, 5.41) is 0.943. The van der Waals surface area contributed by atoms with Crippen LogP contribution in [0.2, 0.25) is 0 Å². The smallest absolute Gasteiger partial charge is 0.211 e. The number of hydrogen-bond donors (Lipinski definition) is 1. The van der Waals surface area contributed by atoms with Crippen molar-refractivity contribution in [3.05, 3.63) is 10.6 Å². The zero-order valence-corrected chi connectivity index (χ0v) is 13.1. The zero-order chi connectivity index (χ0) is 14.2. The van der Waals surface area contributed by atoms with E-state index in [4.69, 9.17) is 5.73 Å². The van der Waals surface area contributed by atoms with E-state index in [1.807, 2.05) is 13.8 Å². The number of anilines is 1. The first-order valence-corrected chi connectivity index (χ1v) is 8.88. The maximum absolute atomic E-state index is 11.5. The Morgan fingerprint density at radius 1 is 1.32 bits per heavy atom. The molecule has 2 N–H and O–H groups in total. The maximum Gasteiger partial charge on any atom is 0.211 e. The lowest BCUT2D eigenvalue weighted by Crippen LogP contribution is -2.48. The van der Waals surface area contributed by atoms with Crippen molar-refractivity contribution in [1.29, 1.82) is 0 Å². The van der Waals surface area contributed by atoms with Gasteiger partial charge in [-0.3, -0.25) is 0 Å². The van der Waals surface area contributed by atoms with Gasteiger partial charge in [0, 0.05) is 37.1 Å². The average Bonchev–Trinajstić information content (AvgIpc) is 2.70. The summed E-state index contributed by atoms with van der Waals surface area (Å²) in [6.45, 7) is 6.31. The molecule has 0 aliphatic carbocycles. The van der Waals surface area contributed by atoms with Gasteiger partial charge in [-0.05, 0) is 13.8 Å². The molecule has 19 heavy (non-hydrogen) atoms. The van der Waals surface area contributed by atoms with E-state index < -0.39 is 10.0 Å². The normalized spacial score (nSPS) is 19.7. The van der Waals surface area contributed by atoms with Crippen LogP contribution in [0.5, 0.6) is 0 Å². The standard InChI is InChI=1S/C11H20N4O2S2/c1-8(12)10-9(2)13-11(18-10)14-4-6-15(7-5-14)19(3,16)17/h8H,4-7,12H2,1-3H3. The molecule has 1 aromatic heterocycles. The van der Waals surface area contributed by atoms with Gasteiger partial charge >= 0.3 is 0 Å². The van der Waals surface area contributed by atoms with Crippen LogP contribution in [0, 0.1) is 6.92 Å². The molecule has 0 saturated carbocycles. The van der Waals surface area contributed by atoms with Gasteiger partial charge in [0.05, 0.1) is 11.9 Å². The molecule has 1 atom stereocenters. The molecule has 6 nitrogen and oxygen atoms in total. The van der Waals surface area contributed by atoms with Crippen molar-refractivity contribution < 1.29 is 8.42 Å². The van der Waals surface area contributed by atoms with Gasteiger partial charge in [-0.25, -0.2) is 13.4 Å². The van der Waals surface area contributed by atoms with Crippen LogP contribution in [-0.2, 0) is 10.0 Å². The molecule has 0 radical (unpaired) electrons. The quantitative estimate of drug-likeness (QED) is 0.882. The molecule has 1 aromatic rings. The second kappa shape index (κ2) is 5.35. The summed E-state index contributed by atoms with van der Waals surface area (Å²) in [4.78, 5) is 7.77. The van der Waals surface area contributed by atoms with E-state index in [9.17, 15) is 8.42 Å². The van der Waals surface area contributed by atoms with Crippen LogP contribution in [0.3, 0.4) is 0 Å². The molecule has 0 aromatic carbocycles.